The minimum Gasteiger partial charge on any atom is -0.389 e. The maximum Gasteiger partial charge on any atom is 0.104 e. The van der Waals surface area contributed by atoms with E-state index in [1.54, 1.807) is 0 Å². The monoisotopic (exact) mass is 302 g/mol. The number of benzene rings is 1. The van der Waals surface area contributed by atoms with E-state index < -0.39 is 0 Å². The van der Waals surface area contributed by atoms with Crippen LogP contribution in [0.25, 0.3) is 10.9 Å². The first-order chi connectivity index (χ1) is 10.1. The van der Waals surface area contributed by atoms with Gasteiger partial charge in [-0.1, -0.05) is 24.4 Å². The Bertz CT molecular complexity index is 641. The highest BCUT2D eigenvalue weighted by Gasteiger charge is 2.13. The van der Waals surface area contributed by atoms with Gasteiger partial charge in [0.15, 0.2) is 0 Å². The highest BCUT2D eigenvalue weighted by atomic mass is 32.1. The van der Waals surface area contributed by atoms with Gasteiger partial charge in [-0.05, 0) is 24.6 Å². The second-order valence-corrected chi connectivity index (χ2v) is 6.23. The van der Waals surface area contributed by atoms with Gasteiger partial charge in [0.05, 0.1) is 0 Å². The molecule has 0 aliphatic carbocycles. The maximum atomic E-state index is 5.74. The third-order valence-electron chi connectivity index (χ3n) is 4.31. The van der Waals surface area contributed by atoms with Gasteiger partial charge in [-0.2, -0.15) is 0 Å². The Balaban J connectivity index is 1.71. The van der Waals surface area contributed by atoms with Gasteiger partial charge < -0.3 is 15.2 Å². The lowest BCUT2D eigenvalue weighted by molar-refractivity contribution is 0.150. The molecule has 0 bridgehead atoms. The summed E-state index contributed by atoms with van der Waals surface area (Å²) in [5, 5.41) is 1.24. The summed E-state index contributed by atoms with van der Waals surface area (Å²) in [6.45, 7) is 6.75. The lowest BCUT2D eigenvalue weighted by atomic mass is 10.1. The molecule has 0 amide bonds. The van der Waals surface area contributed by atoms with Crippen LogP contribution in [-0.2, 0) is 6.54 Å². The molecular formula is C16H22N4S. The average Bonchev–Trinajstić information content (AvgIpc) is 2.89. The number of thiocarbonyl (C=S) groups is 1. The molecule has 0 radical (unpaired) electrons. The first-order valence-corrected chi connectivity index (χ1v) is 7.84. The van der Waals surface area contributed by atoms with Crippen LogP contribution >= 0.6 is 12.2 Å². The first kappa shape index (κ1) is 14.5. The van der Waals surface area contributed by atoms with Crippen LogP contribution in [0.3, 0.4) is 0 Å². The van der Waals surface area contributed by atoms with Crippen molar-refractivity contribution in [2.75, 3.05) is 39.8 Å². The number of fused-ring (bicyclic) bond motifs is 1. The van der Waals surface area contributed by atoms with Crippen molar-refractivity contribution in [1.29, 1.82) is 0 Å². The summed E-state index contributed by atoms with van der Waals surface area (Å²) in [7, 11) is 2.19. The lowest BCUT2D eigenvalue weighted by Crippen LogP contribution is -2.45. The molecule has 1 fully saturated rings. The standard InChI is InChI=1S/C16H22N4S/c1-18-6-8-19(9-7-18)10-11-20-5-4-13-2-3-14(16(17)21)12-15(13)20/h2-5,12H,6-11H2,1H3,(H2,17,21). The smallest absolute Gasteiger partial charge is 0.104 e. The number of nitrogens with zero attached hydrogens (tertiary/aromatic N) is 3. The zero-order chi connectivity index (χ0) is 14.8. The Labute approximate surface area is 131 Å². The summed E-state index contributed by atoms with van der Waals surface area (Å²) in [6, 6.07) is 8.34. The largest absolute Gasteiger partial charge is 0.389 e. The van der Waals surface area contributed by atoms with Crippen LogP contribution in [0.1, 0.15) is 5.56 Å². The van der Waals surface area contributed by atoms with Crippen LogP contribution in [-0.4, -0.2) is 59.1 Å². The number of piperazine rings is 1. The Kier molecular flexibility index (Phi) is 4.24. The van der Waals surface area contributed by atoms with Crippen LogP contribution in [0, 0.1) is 0 Å². The Morgan fingerprint density at radius 3 is 2.62 bits per heavy atom. The van der Waals surface area contributed by atoms with Crippen LogP contribution < -0.4 is 5.73 Å². The molecule has 2 N–H and O–H groups in total. The highest BCUT2D eigenvalue weighted by molar-refractivity contribution is 7.80. The summed E-state index contributed by atoms with van der Waals surface area (Å²) in [4.78, 5) is 5.38. The first-order valence-electron chi connectivity index (χ1n) is 7.43. The van der Waals surface area contributed by atoms with E-state index in [9.17, 15) is 0 Å². The van der Waals surface area contributed by atoms with Gasteiger partial charge in [-0.3, -0.25) is 4.90 Å². The molecule has 0 atom stereocenters. The maximum absolute atomic E-state index is 5.74. The molecule has 1 saturated heterocycles. The molecule has 0 saturated carbocycles. The molecule has 112 valence electrons. The zero-order valence-corrected chi connectivity index (χ0v) is 13.3. The van der Waals surface area contributed by atoms with E-state index in [0.29, 0.717) is 4.99 Å². The molecule has 1 aromatic carbocycles. The van der Waals surface area contributed by atoms with E-state index in [2.05, 4.69) is 45.8 Å². The molecule has 1 aliphatic heterocycles. The van der Waals surface area contributed by atoms with Crippen molar-refractivity contribution in [3.63, 3.8) is 0 Å². The minimum absolute atomic E-state index is 0.462. The van der Waals surface area contributed by atoms with Crippen LogP contribution in [0.4, 0.5) is 0 Å². The third kappa shape index (κ3) is 3.26. The highest BCUT2D eigenvalue weighted by Crippen LogP contribution is 2.18. The van der Waals surface area contributed by atoms with Gasteiger partial charge in [0, 0.05) is 56.5 Å². The van der Waals surface area contributed by atoms with E-state index in [4.69, 9.17) is 18.0 Å². The van der Waals surface area contributed by atoms with Gasteiger partial charge >= 0.3 is 0 Å². The van der Waals surface area contributed by atoms with Crippen molar-refractivity contribution in [3.05, 3.63) is 36.0 Å². The number of rotatable bonds is 4. The molecule has 3 rings (SSSR count). The van der Waals surface area contributed by atoms with Crippen molar-refractivity contribution in [1.82, 2.24) is 14.4 Å². The quantitative estimate of drug-likeness (QED) is 0.869. The molecule has 1 aliphatic rings. The SMILES string of the molecule is CN1CCN(CCn2ccc3ccc(C(N)=S)cc32)CC1. The molecule has 4 nitrogen and oxygen atoms in total. The van der Waals surface area contributed by atoms with Crippen LogP contribution in [0.15, 0.2) is 30.5 Å². The van der Waals surface area contributed by atoms with Gasteiger partial charge in [-0.25, -0.2) is 0 Å². The second-order valence-electron chi connectivity index (χ2n) is 5.79. The van der Waals surface area contributed by atoms with Crippen molar-refractivity contribution >= 4 is 28.1 Å². The predicted molar refractivity (Wildman–Crippen MR) is 91.8 cm³/mol. The fourth-order valence-corrected chi connectivity index (χ4v) is 2.98. The van der Waals surface area contributed by atoms with Gasteiger partial charge in [0.2, 0.25) is 0 Å². The van der Waals surface area contributed by atoms with E-state index in [1.807, 2.05) is 6.07 Å². The number of nitrogens with two attached hydrogens (primary N) is 1. The fraction of sp³-hybridized carbons (Fsp3) is 0.438. The van der Waals surface area contributed by atoms with Gasteiger partial charge in [0.25, 0.3) is 0 Å². The number of hydrogen-bond acceptors (Lipinski definition) is 3. The molecule has 2 heterocycles. The normalized spacial score (nSPS) is 17.4. The predicted octanol–water partition coefficient (Wildman–Crippen LogP) is 1.52. The van der Waals surface area contributed by atoms with Gasteiger partial charge in [0.1, 0.15) is 4.99 Å². The second kappa shape index (κ2) is 6.13. The summed E-state index contributed by atoms with van der Waals surface area (Å²) in [5.41, 5.74) is 7.90. The third-order valence-corrected chi connectivity index (χ3v) is 4.55. The molecule has 0 unspecified atom stereocenters. The molecular weight excluding hydrogens is 280 g/mol. The molecule has 0 spiro atoms. The topological polar surface area (TPSA) is 37.4 Å². The Morgan fingerprint density at radius 2 is 1.90 bits per heavy atom. The molecule has 2 aromatic rings. The van der Waals surface area contributed by atoms with Crippen LogP contribution in [0.2, 0.25) is 0 Å². The average molecular weight is 302 g/mol. The Morgan fingerprint density at radius 1 is 1.14 bits per heavy atom. The van der Waals surface area contributed by atoms with Gasteiger partial charge in [-0.15, -0.1) is 0 Å². The fourth-order valence-electron chi connectivity index (χ4n) is 2.85. The van der Waals surface area contributed by atoms with Crippen molar-refractivity contribution in [2.24, 2.45) is 5.73 Å². The Hall–Kier alpha value is -1.43. The number of likely N-dealkylation sites (N-methyl/N-ethyl adjacent to an activating group) is 1. The summed E-state index contributed by atoms with van der Waals surface area (Å²) < 4.78 is 2.30. The lowest BCUT2D eigenvalue weighted by Gasteiger charge is -2.32. The number of aromatic nitrogens is 1. The summed E-state index contributed by atoms with van der Waals surface area (Å²) >= 11 is 5.08. The van der Waals surface area contributed by atoms with Crippen LogP contribution in [0.5, 0.6) is 0 Å². The molecule has 21 heavy (non-hydrogen) atoms. The van der Waals surface area contributed by atoms with E-state index in [-0.39, 0.29) is 0 Å². The zero-order valence-electron chi connectivity index (χ0n) is 12.5. The molecule has 1 aromatic heterocycles. The number of hydrogen-bond donors (Lipinski definition) is 1. The van der Waals surface area contributed by atoms with E-state index in [0.717, 1.165) is 44.8 Å². The molecule has 5 heteroatoms. The van der Waals surface area contributed by atoms with Crippen molar-refractivity contribution in [3.8, 4) is 0 Å². The van der Waals surface area contributed by atoms with E-state index >= 15 is 0 Å². The summed E-state index contributed by atoms with van der Waals surface area (Å²) in [5.74, 6) is 0. The van der Waals surface area contributed by atoms with Crippen molar-refractivity contribution in [2.45, 2.75) is 6.54 Å². The summed E-state index contributed by atoms with van der Waals surface area (Å²) in [6.07, 6.45) is 2.16. The minimum atomic E-state index is 0.462. The van der Waals surface area contributed by atoms with E-state index in [1.165, 1.54) is 10.9 Å². The van der Waals surface area contributed by atoms with Crippen molar-refractivity contribution < 1.29 is 0 Å².